The van der Waals surface area contributed by atoms with Gasteiger partial charge in [0.2, 0.25) is 0 Å². The molecular formula is C15H14N3O+. The quantitative estimate of drug-likeness (QED) is 0.743. The van der Waals surface area contributed by atoms with Crippen LogP contribution in [0.25, 0.3) is 16.6 Å². The maximum absolute atomic E-state index is 12.6. The van der Waals surface area contributed by atoms with Gasteiger partial charge in [0.15, 0.2) is 5.82 Å². The molecule has 0 aliphatic heterocycles. The maximum Gasteiger partial charge on any atom is 0.266 e. The summed E-state index contributed by atoms with van der Waals surface area (Å²) in [5.74, 6) is 0.676. The van der Waals surface area contributed by atoms with Crippen LogP contribution in [0.5, 0.6) is 0 Å². The molecule has 1 aromatic heterocycles. The Labute approximate surface area is 110 Å². The van der Waals surface area contributed by atoms with Gasteiger partial charge in [-0.2, -0.15) is 0 Å². The molecule has 2 aromatic carbocycles. The van der Waals surface area contributed by atoms with Crippen LogP contribution in [0.1, 0.15) is 5.82 Å². The zero-order valence-corrected chi connectivity index (χ0v) is 10.4. The van der Waals surface area contributed by atoms with Crippen molar-refractivity contribution in [2.75, 3.05) is 0 Å². The summed E-state index contributed by atoms with van der Waals surface area (Å²) in [4.78, 5) is 17.1. The van der Waals surface area contributed by atoms with Crippen LogP contribution in [0.4, 0.5) is 0 Å². The third-order valence-electron chi connectivity index (χ3n) is 3.08. The molecule has 0 fully saturated rings. The molecule has 3 N–H and O–H groups in total. The Balaban J connectivity index is 2.41. The van der Waals surface area contributed by atoms with E-state index in [4.69, 9.17) is 0 Å². The first-order valence-corrected chi connectivity index (χ1v) is 6.16. The van der Waals surface area contributed by atoms with Gasteiger partial charge in [-0.15, -0.1) is 0 Å². The van der Waals surface area contributed by atoms with Gasteiger partial charge in [-0.05, 0) is 24.3 Å². The summed E-state index contributed by atoms with van der Waals surface area (Å²) < 4.78 is 1.63. The molecule has 3 aromatic rings. The highest BCUT2D eigenvalue weighted by molar-refractivity contribution is 5.77. The topological polar surface area (TPSA) is 62.5 Å². The lowest BCUT2D eigenvalue weighted by Gasteiger charge is -2.10. The third kappa shape index (κ3) is 1.92. The number of aromatic nitrogens is 2. The van der Waals surface area contributed by atoms with Crippen molar-refractivity contribution < 1.29 is 5.73 Å². The number of hydrogen-bond donors (Lipinski definition) is 1. The summed E-state index contributed by atoms with van der Waals surface area (Å²) in [7, 11) is 0. The van der Waals surface area contributed by atoms with E-state index in [9.17, 15) is 4.79 Å². The van der Waals surface area contributed by atoms with Crippen LogP contribution < -0.4 is 11.3 Å². The largest absolute Gasteiger partial charge is 0.351 e. The van der Waals surface area contributed by atoms with E-state index in [1.165, 1.54) is 0 Å². The number of hydrogen-bond acceptors (Lipinski definition) is 2. The zero-order chi connectivity index (χ0) is 13.2. The van der Waals surface area contributed by atoms with Crippen LogP contribution in [0.15, 0.2) is 59.4 Å². The lowest BCUT2D eigenvalue weighted by Crippen LogP contribution is -2.49. The molecule has 3 rings (SSSR count). The molecule has 94 valence electrons. The van der Waals surface area contributed by atoms with Crippen molar-refractivity contribution in [2.45, 2.75) is 6.54 Å². The molecule has 0 atom stereocenters. The minimum Gasteiger partial charge on any atom is -0.351 e. The molecule has 0 radical (unpaired) electrons. The molecule has 0 saturated carbocycles. The van der Waals surface area contributed by atoms with Crippen LogP contribution in [0, 0.1) is 0 Å². The van der Waals surface area contributed by atoms with Crippen molar-refractivity contribution in [1.29, 1.82) is 0 Å². The molecule has 0 amide bonds. The first-order valence-electron chi connectivity index (χ1n) is 6.16. The Bertz CT molecular complexity index is 778. The summed E-state index contributed by atoms with van der Waals surface area (Å²) in [6, 6.07) is 16.9. The average Bonchev–Trinajstić information content (AvgIpc) is 2.48. The maximum atomic E-state index is 12.6. The number of benzene rings is 2. The standard InChI is InChI=1S/C15H13N3O/c16-10-14-17-13-9-5-4-8-12(13)15(19)18(14)11-6-2-1-3-7-11/h1-9H,10,16H2/p+1. The van der Waals surface area contributed by atoms with Gasteiger partial charge in [-0.1, -0.05) is 30.3 Å². The van der Waals surface area contributed by atoms with Crippen molar-refractivity contribution in [3.8, 4) is 5.69 Å². The van der Waals surface area contributed by atoms with Crippen molar-refractivity contribution >= 4 is 10.9 Å². The smallest absolute Gasteiger partial charge is 0.266 e. The van der Waals surface area contributed by atoms with E-state index in [1.807, 2.05) is 48.5 Å². The van der Waals surface area contributed by atoms with Crippen molar-refractivity contribution in [1.82, 2.24) is 9.55 Å². The van der Waals surface area contributed by atoms with Crippen LogP contribution in [0.2, 0.25) is 0 Å². The Hall–Kier alpha value is -2.46. The molecule has 19 heavy (non-hydrogen) atoms. The number of rotatable bonds is 2. The van der Waals surface area contributed by atoms with E-state index in [0.717, 1.165) is 11.2 Å². The highest BCUT2D eigenvalue weighted by Crippen LogP contribution is 2.12. The normalized spacial score (nSPS) is 10.8. The van der Waals surface area contributed by atoms with Gasteiger partial charge in [-0.25, -0.2) is 4.98 Å². The zero-order valence-electron chi connectivity index (χ0n) is 10.4. The summed E-state index contributed by atoms with van der Waals surface area (Å²) in [5.41, 5.74) is 5.37. The molecule has 0 bridgehead atoms. The van der Waals surface area contributed by atoms with E-state index in [2.05, 4.69) is 10.7 Å². The van der Waals surface area contributed by atoms with Crippen molar-refractivity contribution in [3.63, 3.8) is 0 Å². The molecule has 1 heterocycles. The van der Waals surface area contributed by atoms with Gasteiger partial charge in [0.05, 0.1) is 16.6 Å². The van der Waals surface area contributed by atoms with Gasteiger partial charge in [0.1, 0.15) is 6.54 Å². The van der Waals surface area contributed by atoms with Crippen molar-refractivity contribution in [3.05, 3.63) is 70.8 Å². The Morgan fingerprint density at radius 1 is 1.00 bits per heavy atom. The first-order chi connectivity index (χ1) is 9.31. The van der Waals surface area contributed by atoms with Gasteiger partial charge < -0.3 is 5.73 Å². The molecule has 0 aliphatic carbocycles. The minimum atomic E-state index is -0.0459. The number of nitrogens with zero attached hydrogens (tertiary/aromatic N) is 2. The molecule has 4 heteroatoms. The second-order valence-electron chi connectivity index (χ2n) is 4.27. The molecule has 0 aliphatic rings. The molecule has 0 unspecified atom stereocenters. The third-order valence-corrected chi connectivity index (χ3v) is 3.08. The van der Waals surface area contributed by atoms with Crippen LogP contribution in [-0.4, -0.2) is 9.55 Å². The van der Waals surface area contributed by atoms with Crippen molar-refractivity contribution in [2.24, 2.45) is 0 Å². The summed E-state index contributed by atoms with van der Waals surface area (Å²) in [5, 5.41) is 0.628. The van der Waals surface area contributed by atoms with Gasteiger partial charge >= 0.3 is 0 Å². The predicted octanol–water partition coefficient (Wildman–Crippen LogP) is 1.13. The lowest BCUT2D eigenvalue weighted by molar-refractivity contribution is -0.388. The Kier molecular flexibility index (Phi) is 2.85. The van der Waals surface area contributed by atoms with E-state index >= 15 is 0 Å². The minimum absolute atomic E-state index is 0.0459. The van der Waals surface area contributed by atoms with E-state index < -0.39 is 0 Å². The number of fused-ring (bicyclic) bond motifs is 1. The average molecular weight is 252 g/mol. The fourth-order valence-electron chi connectivity index (χ4n) is 2.19. The summed E-state index contributed by atoms with van der Waals surface area (Å²) >= 11 is 0. The van der Waals surface area contributed by atoms with E-state index in [1.54, 1.807) is 10.6 Å². The highest BCUT2D eigenvalue weighted by atomic mass is 16.1. The summed E-state index contributed by atoms with van der Waals surface area (Å²) in [6.07, 6.45) is 0. The summed E-state index contributed by atoms with van der Waals surface area (Å²) in [6.45, 7) is 0.467. The molecule has 4 nitrogen and oxygen atoms in total. The van der Waals surface area contributed by atoms with E-state index in [-0.39, 0.29) is 5.56 Å². The lowest BCUT2D eigenvalue weighted by atomic mass is 10.2. The first kappa shape index (κ1) is 11.6. The van der Waals surface area contributed by atoms with Gasteiger partial charge in [0, 0.05) is 0 Å². The monoisotopic (exact) mass is 252 g/mol. The van der Waals surface area contributed by atoms with Gasteiger partial charge in [-0.3, -0.25) is 9.36 Å². The Morgan fingerprint density at radius 2 is 1.68 bits per heavy atom. The van der Waals surface area contributed by atoms with Crippen LogP contribution in [0.3, 0.4) is 0 Å². The number of para-hydroxylation sites is 2. The van der Waals surface area contributed by atoms with Crippen LogP contribution >= 0.6 is 0 Å². The second kappa shape index (κ2) is 4.66. The van der Waals surface area contributed by atoms with Crippen LogP contribution in [-0.2, 0) is 6.54 Å². The SMILES string of the molecule is [NH3+]Cc1nc2ccccc2c(=O)n1-c1ccccc1. The fraction of sp³-hybridized carbons (Fsp3) is 0.0667. The highest BCUT2D eigenvalue weighted by Gasteiger charge is 2.11. The molecule has 0 spiro atoms. The van der Waals surface area contributed by atoms with Gasteiger partial charge in [0.25, 0.3) is 5.56 Å². The molecule has 0 saturated heterocycles. The fourth-order valence-corrected chi connectivity index (χ4v) is 2.19. The Morgan fingerprint density at radius 3 is 2.42 bits per heavy atom. The van der Waals surface area contributed by atoms with E-state index in [0.29, 0.717) is 17.8 Å². The predicted molar refractivity (Wildman–Crippen MR) is 73.9 cm³/mol. The number of quaternary nitrogens is 1. The molecular weight excluding hydrogens is 238 g/mol. The second-order valence-corrected chi connectivity index (χ2v) is 4.27.